The minimum atomic E-state index is -0.545. The zero-order valence-electron chi connectivity index (χ0n) is 14.3. The number of aliphatic hydroxyl groups excluding tert-OH is 1. The van der Waals surface area contributed by atoms with Gasteiger partial charge in [-0.25, -0.2) is 0 Å². The Bertz CT molecular complexity index is 655. The fraction of sp³-hybridized carbons (Fsp3) is 0.350. The summed E-state index contributed by atoms with van der Waals surface area (Å²) in [7, 11) is 0. The number of carbonyl (C=O) groups is 1. The predicted octanol–water partition coefficient (Wildman–Crippen LogP) is 1.88. The van der Waals surface area contributed by atoms with Crippen molar-refractivity contribution in [1.82, 2.24) is 9.80 Å². The van der Waals surface area contributed by atoms with Crippen LogP contribution in [-0.4, -0.2) is 66.2 Å². The third-order valence-corrected chi connectivity index (χ3v) is 4.33. The van der Waals surface area contributed by atoms with Crippen LogP contribution in [0.5, 0.6) is 5.75 Å². The van der Waals surface area contributed by atoms with Gasteiger partial charge in [-0.05, 0) is 24.3 Å². The van der Waals surface area contributed by atoms with Crippen molar-refractivity contribution in [2.24, 2.45) is 0 Å². The molecule has 1 fully saturated rings. The molecule has 0 aromatic heterocycles. The maximum atomic E-state index is 12.4. The Labute approximate surface area is 148 Å². The van der Waals surface area contributed by atoms with Gasteiger partial charge >= 0.3 is 0 Å². The van der Waals surface area contributed by atoms with E-state index in [0.717, 1.165) is 24.4 Å². The number of carbonyl (C=O) groups excluding carboxylic acids is 1. The molecule has 2 aromatic rings. The summed E-state index contributed by atoms with van der Waals surface area (Å²) in [6.07, 6.45) is -0.545. The lowest BCUT2D eigenvalue weighted by Gasteiger charge is -2.35. The molecule has 0 saturated carbocycles. The number of benzene rings is 2. The number of hydrogen-bond donors (Lipinski definition) is 1. The molecule has 3 rings (SSSR count). The first-order chi connectivity index (χ1) is 12.2. The fourth-order valence-electron chi connectivity index (χ4n) is 2.96. The molecule has 132 valence electrons. The Morgan fingerprint density at radius 2 is 1.56 bits per heavy atom. The third kappa shape index (κ3) is 5.05. The SMILES string of the molecule is O=C(c1ccccc1)N1CCN(CC(O)COc2ccccc2)CC1. The highest BCUT2D eigenvalue weighted by molar-refractivity contribution is 5.94. The van der Waals surface area contributed by atoms with Crippen molar-refractivity contribution in [2.45, 2.75) is 6.10 Å². The van der Waals surface area contributed by atoms with E-state index >= 15 is 0 Å². The van der Waals surface area contributed by atoms with Gasteiger partial charge in [0.15, 0.2) is 0 Å². The van der Waals surface area contributed by atoms with Crippen molar-refractivity contribution in [1.29, 1.82) is 0 Å². The zero-order valence-corrected chi connectivity index (χ0v) is 14.3. The first kappa shape index (κ1) is 17.5. The van der Waals surface area contributed by atoms with Gasteiger partial charge in [-0.1, -0.05) is 36.4 Å². The molecule has 1 unspecified atom stereocenters. The molecule has 2 aromatic carbocycles. The Hall–Kier alpha value is -2.37. The molecule has 1 heterocycles. The van der Waals surface area contributed by atoms with Gasteiger partial charge in [0.05, 0.1) is 0 Å². The molecule has 1 saturated heterocycles. The van der Waals surface area contributed by atoms with Gasteiger partial charge in [0.1, 0.15) is 18.5 Å². The van der Waals surface area contributed by atoms with Crippen LogP contribution in [0.4, 0.5) is 0 Å². The van der Waals surface area contributed by atoms with E-state index in [4.69, 9.17) is 4.74 Å². The molecule has 1 atom stereocenters. The normalized spacial score (nSPS) is 16.4. The molecular formula is C20H24N2O3. The van der Waals surface area contributed by atoms with Crippen LogP contribution in [0, 0.1) is 0 Å². The van der Waals surface area contributed by atoms with Crippen molar-refractivity contribution in [2.75, 3.05) is 39.3 Å². The standard InChI is InChI=1S/C20H24N2O3/c23-18(16-25-19-9-5-2-6-10-19)15-21-11-13-22(14-12-21)20(24)17-7-3-1-4-8-17/h1-10,18,23H,11-16H2. The fourth-order valence-corrected chi connectivity index (χ4v) is 2.96. The summed E-state index contributed by atoms with van der Waals surface area (Å²) in [4.78, 5) is 16.5. The predicted molar refractivity (Wildman–Crippen MR) is 96.7 cm³/mol. The lowest BCUT2D eigenvalue weighted by Crippen LogP contribution is -2.50. The van der Waals surface area contributed by atoms with Gasteiger partial charge in [0, 0.05) is 38.3 Å². The Balaban J connectivity index is 1.41. The van der Waals surface area contributed by atoms with Crippen LogP contribution < -0.4 is 4.74 Å². The van der Waals surface area contributed by atoms with Gasteiger partial charge in [-0.2, -0.15) is 0 Å². The summed E-state index contributed by atoms with van der Waals surface area (Å²) in [6.45, 7) is 3.72. The number of nitrogens with zero attached hydrogens (tertiary/aromatic N) is 2. The average molecular weight is 340 g/mol. The number of para-hydroxylation sites is 1. The van der Waals surface area contributed by atoms with Crippen molar-refractivity contribution < 1.29 is 14.6 Å². The van der Waals surface area contributed by atoms with Gasteiger partial charge in [0.25, 0.3) is 5.91 Å². The molecule has 1 amide bonds. The smallest absolute Gasteiger partial charge is 0.253 e. The molecule has 1 aliphatic heterocycles. The lowest BCUT2D eigenvalue weighted by atomic mass is 10.2. The van der Waals surface area contributed by atoms with Gasteiger partial charge < -0.3 is 14.7 Å². The number of aliphatic hydroxyl groups is 1. The van der Waals surface area contributed by atoms with E-state index in [0.29, 0.717) is 19.6 Å². The Kier molecular flexibility index (Phi) is 6.04. The van der Waals surface area contributed by atoms with Crippen LogP contribution in [0.1, 0.15) is 10.4 Å². The van der Waals surface area contributed by atoms with Gasteiger partial charge in [-0.3, -0.25) is 9.69 Å². The van der Waals surface area contributed by atoms with Crippen LogP contribution in [0.15, 0.2) is 60.7 Å². The number of rotatable bonds is 6. The molecular weight excluding hydrogens is 316 g/mol. The minimum Gasteiger partial charge on any atom is -0.491 e. The van der Waals surface area contributed by atoms with E-state index in [1.807, 2.05) is 65.6 Å². The first-order valence-corrected chi connectivity index (χ1v) is 8.65. The van der Waals surface area contributed by atoms with Crippen LogP contribution >= 0.6 is 0 Å². The van der Waals surface area contributed by atoms with E-state index < -0.39 is 6.10 Å². The third-order valence-electron chi connectivity index (χ3n) is 4.33. The molecule has 0 radical (unpaired) electrons. The number of β-amino-alcohol motifs (C(OH)–C–C–N with tert-alkyl or cyclic N) is 1. The van der Waals surface area contributed by atoms with Crippen molar-refractivity contribution in [3.8, 4) is 5.75 Å². The largest absolute Gasteiger partial charge is 0.491 e. The summed E-state index contributed by atoms with van der Waals surface area (Å²) >= 11 is 0. The molecule has 5 nitrogen and oxygen atoms in total. The monoisotopic (exact) mass is 340 g/mol. The molecule has 0 bridgehead atoms. The summed E-state index contributed by atoms with van der Waals surface area (Å²) < 4.78 is 5.59. The molecule has 5 heteroatoms. The minimum absolute atomic E-state index is 0.0770. The highest BCUT2D eigenvalue weighted by atomic mass is 16.5. The molecule has 0 aliphatic carbocycles. The van der Waals surface area contributed by atoms with Crippen molar-refractivity contribution in [3.63, 3.8) is 0 Å². The number of piperazine rings is 1. The summed E-state index contributed by atoms with van der Waals surface area (Å²) in [6, 6.07) is 18.9. The quantitative estimate of drug-likeness (QED) is 0.872. The maximum Gasteiger partial charge on any atom is 0.253 e. The van der Waals surface area contributed by atoms with Crippen LogP contribution in [0.2, 0.25) is 0 Å². The van der Waals surface area contributed by atoms with Crippen LogP contribution in [-0.2, 0) is 0 Å². The maximum absolute atomic E-state index is 12.4. The summed E-state index contributed by atoms with van der Waals surface area (Å²) in [5.41, 5.74) is 0.729. The van der Waals surface area contributed by atoms with E-state index in [9.17, 15) is 9.90 Å². The second-order valence-electron chi connectivity index (χ2n) is 6.24. The van der Waals surface area contributed by atoms with Gasteiger partial charge in [-0.15, -0.1) is 0 Å². The Morgan fingerprint density at radius 3 is 2.20 bits per heavy atom. The number of ether oxygens (including phenoxy) is 1. The molecule has 0 spiro atoms. The van der Waals surface area contributed by atoms with Crippen molar-refractivity contribution in [3.05, 3.63) is 66.2 Å². The topological polar surface area (TPSA) is 53.0 Å². The zero-order chi connectivity index (χ0) is 17.5. The lowest BCUT2D eigenvalue weighted by molar-refractivity contribution is 0.0403. The average Bonchev–Trinajstić information content (AvgIpc) is 2.68. The number of amides is 1. The molecule has 1 N–H and O–H groups in total. The molecule has 25 heavy (non-hydrogen) atoms. The Morgan fingerprint density at radius 1 is 0.960 bits per heavy atom. The van der Waals surface area contributed by atoms with Crippen LogP contribution in [0.25, 0.3) is 0 Å². The molecule has 1 aliphatic rings. The summed E-state index contributed by atoms with van der Waals surface area (Å²) in [5, 5.41) is 10.2. The van der Waals surface area contributed by atoms with E-state index in [-0.39, 0.29) is 12.5 Å². The van der Waals surface area contributed by atoms with Crippen molar-refractivity contribution >= 4 is 5.91 Å². The summed E-state index contributed by atoms with van der Waals surface area (Å²) in [5.74, 6) is 0.841. The highest BCUT2D eigenvalue weighted by Gasteiger charge is 2.23. The highest BCUT2D eigenvalue weighted by Crippen LogP contribution is 2.11. The second kappa shape index (κ2) is 8.65. The van der Waals surface area contributed by atoms with E-state index in [1.54, 1.807) is 0 Å². The first-order valence-electron chi connectivity index (χ1n) is 8.65. The van der Waals surface area contributed by atoms with E-state index in [2.05, 4.69) is 4.90 Å². The number of hydrogen-bond acceptors (Lipinski definition) is 4. The van der Waals surface area contributed by atoms with E-state index in [1.165, 1.54) is 0 Å². The van der Waals surface area contributed by atoms with Gasteiger partial charge in [0.2, 0.25) is 0 Å². The van der Waals surface area contributed by atoms with Crippen LogP contribution in [0.3, 0.4) is 0 Å². The second-order valence-corrected chi connectivity index (χ2v) is 6.24.